The third kappa shape index (κ3) is 3.55. The summed E-state index contributed by atoms with van der Waals surface area (Å²) in [6.45, 7) is 0.461. The Morgan fingerprint density at radius 1 is 1.25 bits per heavy atom. The van der Waals surface area contributed by atoms with Crippen molar-refractivity contribution in [2.24, 2.45) is 0 Å². The molecule has 0 spiro atoms. The molecule has 7 nitrogen and oxygen atoms in total. The number of hydrogen-bond donors (Lipinski definition) is 1. The van der Waals surface area contributed by atoms with Crippen molar-refractivity contribution in [3.63, 3.8) is 0 Å². The molecule has 1 aliphatic heterocycles. The summed E-state index contributed by atoms with van der Waals surface area (Å²) in [5, 5.41) is 6.36. The first kappa shape index (κ1) is 18.4. The molecular weight excluding hydrogens is 375 g/mol. The van der Waals surface area contributed by atoms with E-state index in [-0.39, 0.29) is 31.0 Å². The van der Waals surface area contributed by atoms with E-state index in [9.17, 15) is 18.0 Å². The Balaban J connectivity index is 1.46. The largest absolute Gasteiger partial charge is 0.435 e. The second-order valence-electron chi connectivity index (χ2n) is 6.30. The molecule has 1 amide bonds. The smallest absolute Gasteiger partial charge is 0.376 e. The van der Waals surface area contributed by atoms with E-state index in [0.717, 1.165) is 0 Å². The number of rotatable bonds is 4. The molecule has 1 aromatic carbocycles. The fourth-order valence-corrected chi connectivity index (χ4v) is 3.15. The summed E-state index contributed by atoms with van der Waals surface area (Å²) in [5.74, 6) is -0.446. The SMILES string of the molecule is O=C(NCCn1nc(C(F)(F)F)c2c1CCOC2)c1cnc2ccccc2n1. The highest BCUT2D eigenvalue weighted by Gasteiger charge is 2.39. The summed E-state index contributed by atoms with van der Waals surface area (Å²) in [6.07, 6.45) is -2.82. The number of hydrogen-bond acceptors (Lipinski definition) is 5. The van der Waals surface area contributed by atoms with E-state index in [1.54, 1.807) is 18.2 Å². The molecule has 28 heavy (non-hydrogen) atoms. The van der Waals surface area contributed by atoms with Crippen LogP contribution in [0.4, 0.5) is 13.2 Å². The lowest BCUT2D eigenvalue weighted by molar-refractivity contribution is -0.142. The lowest BCUT2D eigenvalue weighted by Gasteiger charge is -2.15. The van der Waals surface area contributed by atoms with Crippen molar-refractivity contribution in [1.82, 2.24) is 25.1 Å². The van der Waals surface area contributed by atoms with Crippen LogP contribution in [-0.2, 0) is 30.5 Å². The van der Waals surface area contributed by atoms with Gasteiger partial charge in [-0.2, -0.15) is 18.3 Å². The molecule has 4 rings (SSSR count). The van der Waals surface area contributed by atoms with Gasteiger partial charge in [0.1, 0.15) is 5.69 Å². The zero-order valence-electron chi connectivity index (χ0n) is 14.7. The van der Waals surface area contributed by atoms with Crippen LogP contribution in [0.15, 0.2) is 30.5 Å². The molecule has 0 aliphatic carbocycles. The molecule has 1 aliphatic rings. The number of fused-ring (bicyclic) bond motifs is 2. The Labute approximate surface area is 157 Å². The fraction of sp³-hybridized carbons (Fsp3) is 0.333. The minimum absolute atomic E-state index is 0.0745. The maximum absolute atomic E-state index is 13.2. The molecule has 0 saturated heterocycles. The van der Waals surface area contributed by atoms with E-state index >= 15 is 0 Å². The van der Waals surface area contributed by atoms with Crippen molar-refractivity contribution in [3.05, 3.63) is 53.1 Å². The van der Waals surface area contributed by atoms with Crippen LogP contribution in [0, 0.1) is 0 Å². The molecule has 1 N–H and O–H groups in total. The molecule has 3 heterocycles. The van der Waals surface area contributed by atoms with Gasteiger partial charge in [-0.1, -0.05) is 12.1 Å². The summed E-state index contributed by atoms with van der Waals surface area (Å²) in [7, 11) is 0. The molecular formula is C18H16F3N5O2. The van der Waals surface area contributed by atoms with Gasteiger partial charge in [-0.25, -0.2) is 4.98 Å². The minimum atomic E-state index is -4.54. The summed E-state index contributed by atoms with van der Waals surface area (Å²) < 4.78 is 46.0. The van der Waals surface area contributed by atoms with Gasteiger partial charge >= 0.3 is 6.18 Å². The maximum Gasteiger partial charge on any atom is 0.435 e. The highest BCUT2D eigenvalue weighted by Crippen LogP contribution is 2.34. The number of nitrogens with one attached hydrogen (secondary N) is 1. The van der Waals surface area contributed by atoms with Crippen molar-refractivity contribution in [2.45, 2.75) is 25.7 Å². The van der Waals surface area contributed by atoms with Crippen LogP contribution >= 0.6 is 0 Å². The predicted octanol–water partition coefficient (Wildman–Crippen LogP) is 2.35. The Morgan fingerprint density at radius 3 is 2.82 bits per heavy atom. The lowest BCUT2D eigenvalue weighted by Crippen LogP contribution is -2.29. The summed E-state index contributed by atoms with van der Waals surface area (Å²) in [5.41, 5.74) is 1.05. The summed E-state index contributed by atoms with van der Waals surface area (Å²) in [6, 6.07) is 7.14. The van der Waals surface area contributed by atoms with Crippen molar-refractivity contribution >= 4 is 16.9 Å². The number of carbonyl (C=O) groups excluding carboxylic acids is 1. The number of alkyl halides is 3. The van der Waals surface area contributed by atoms with Crippen molar-refractivity contribution in [3.8, 4) is 0 Å². The number of aromatic nitrogens is 4. The predicted molar refractivity (Wildman–Crippen MR) is 92.5 cm³/mol. The quantitative estimate of drug-likeness (QED) is 0.738. The topological polar surface area (TPSA) is 81.9 Å². The molecule has 0 unspecified atom stereocenters. The Bertz CT molecular complexity index is 1030. The van der Waals surface area contributed by atoms with Crippen LogP contribution in [0.3, 0.4) is 0 Å². The van der Waals surface area contributed by atoms with Gasteiger partial charge in [-0.15, -0.1) is 0 Å². The Morgan fingerprint density at radius 2 is 2.04 bits per heavy atom. The number of nitrogens with zero attached hydrogens (tertiary/aromatic N) is 4. The second-order valence-corrected chi connectivity index (χ2v) is 6.30. The standard InChI is InChI=1S/C18H16F3N5O2/c19-18(20,21)16-11-10-28-8-5-15(11)26(25-16)7-6-22-17(27)14-9-23-12-3-1-2-4-13(12)24-14/h1-4,9H,5-8,10H2,(H,22,27). The minimum Gasteiger partial charge on any atom is -0.376 e. The van der Waals surface area contributed by atoms with Crippen LogP contribution in [0.1, 0.15) is 27.4 Å². The molecule has 0 fully saturated rings. The normalized spacial score (nSPS) is 14.1. The highest BCUT2D eigenvalue weighted by molar-refractivity contribution is 5.93. The molecule has 0 atom stereocenters. The van der Waals surface area contributed by atoms with E-state index in [1.807, 2.05) is 6.07 Å². The maximum atomic E-state index is 13.2. The van der Waals surface area contributed by atoms with Gasteiger partial charge in [0.05, 0.1) is 37.0 Å². The number of ether oxygens (including phenoxy) is 1. The van der Waals surface area contributed by atoms with E-state index < -0.39 is 17.8 Å². The highest BCUT2D eigenvalue weighted by atomic mass is 19.4. The van der Waals surface area contributed by atoms with Gasteiger partial charge in [0.25, 0.3) is 5.91 Å². The third-order valence-corrected chi connectivity index (χ3v) is 4.45. The van der Waals surface area contributed by atoms with Crippen LogP contribution in [0.25, 0.3) is 11.0 Å². The van der Waals surface area contributed by atoms with Gasteiger partial charge in [0.2, 0.25) is 0 Å². The van der Waals surface area contributed by atoms with Crippen LogP contribution in [0.5, 0.6) is 0 Å². The summed E-state index contributed by atoms with van der Waals surface area (Å²) >= 11 is 0. The van der Waals surface area contributed by atoms with E-state index in [1.165, 1.54) is 10.9 Å². The van der Waals surface area contributed by atoms with Crippen molar-refractivity contribution in [2.75, 3.05) is 13.2 Å². The molecule has 0 radical (unpaired) electrons. The first-order valence-electron chi connectivity index (χ1n) is 8.67. The average molecular weight is 391 g/mol. The van der Waals surface area contributed by atoms with E-state index in [4.69, 9.17) is 4.74 Å². The molecule has 2 aromatic heterocycles. The molecule has 146 valence electrons. The van der Waals surface area contributed by atoms with Crippen molar-refractivity contribution < 1.29 is 22.7 Å². The number of carbonyl (C=O) groups is 1. The summed E-state index contributed by atoms with van der Waals surface area (Å²) in [4.78, 5) is 20.7. The molecule has 10 heteroatoms. The molecule has 0 saturated carbocycles. The first-order valence-corrected chi connectivity index (χ1v) is 8.67. The monoisotopic (exact) mass is 391 g/mol. The van der Waals surface area contributed by atoms with Crippen molar-refractivity contribution in [1.29, 1.82) is 0 Å². The van der Waals surface area contributed by atoms with Gasteiger partial charge in [-0.3, -0.25) is 14.5 Å². The zero-order valence-corrected chi connectivity index (χ0v) is 14.7. The lowest BCUT2D eigenvalue weighted by atomic mass is 10.1. The fourth-order valence-electron chi connectivity index (χ4n) is 3.15. The average Bonchev–Trinajstić information content (AvgIpc) is 3.07. The van der Waals surface area contributed by atoms with Gasteiger partial charge in [0.15, 0.2) is 5.69 Å². The second kappa shape index (κ2) is 7.19. The van der Waals surface area contributed by atoms with Crippen LogP contribution in [-0.4, -0.2) is 38.8 Å². The Kier molecular flexibility index (Phi) is 4.71. The molecule has 0 bridgehead atoms. The van der Waals surface area contributed by atoms with Gasteiger partial charge < -0.3 is 10.1 Å². The number of amides is 1. The van der Waals surface area contributed by atoms with E-state index in [0.29, 0.717) is 29.8 Å². The molecule has 3 aromatic rings. The van der Waals surface area contributed by atoms with E-state index in [2.05, 4.69) is 20.4 Å². The number of para-hydroxylation sites is 2. The van der Waals surface area contributed by atoms with Crippen LogP contribution < -0.4 is 5.32 Å². The first-order chi connectivity index (χ1) is 13.4. The Hall–Kier alpha value is -3.01. The van der Waals surface area contributed by atoms with Gasteiger partial charge in [-0.05, 0) is 12.1 Å². The number of benzene rings is 1. The van der Waals surface area contributed by atoms with Gasteiger partial charge in [0, 0.05) is 24.2 Å². The van der Waals surface area contributed by atoms with Crippen LogP contribution in [0.2, 0.25) is 0 Å². The number of halogens is 3. The zero-order chi connectivity index (χ0) is 19.7. The third-order valence-electron chi connectivity index (χ3n) is 4.45.